The fourth-order valence-electron chi connectivity index (χ4n) is 5.32. The number of benzene rings is 2. The van der Waals surface area contributed by atoms with Gasteiger partial charge in [0.2, 0.25) is 5.91 Å². The highest BCUT2D eigenvalue weighted by molar-refractivity contribution is 8.09. The minimum atomic E-state index is -4.67. The van der Waals surface area contributed by atoms with Gasteiger partial charge in [-0.2, -0.15) is 25.3 Å². The molecule has 1 aliphatic carbocycles. The van der Waals surface area contributed by atoms with Gasteiger partial charge in [-0.15, -0.1) is 11.3 Å². The van der Waals surface area contributed by atoms with Crippen molar-refractivity contribution in [2.24, 2.45) is 5.41 Å². The fourth-order valence-corrected chi connectivity index (χ4v) is 13.3. The molecule has 17 heteroatoms. The second kappa shape index (κ2) is 11.2. The van der Waals surface area contributed by atoms with Gasteiger partial charge in [-0.25, -0.2) is 4.98 Å². The maximum absolute atomic E-state index is 13.3. The smallest absolute Gasteiger partial charge is 0.323 e. The number of carboxylic acid groups (broad SMARTS) is 1. The van der Waals surface area contributed by atoms with Crippen LogP contribution >= 0.6 is 11.3 Å². The van der Waals surface area contributed by atoms with Crippen molar-refractivity contribution < 1.29 is 47.4 Å². The summed E-state index contributed by atoms with van der Waals surface area (Å²) in [5, 5.41) is 12.9. The molecular weight excluding hydrogens is 631 g/mol. The van der Waals surface area contributed by atoms with Gasteiger partial charge < -0.3 is 15.2 Å². The van der Waals surface area contributed by atoms with Crippen molar-refractivity contribution in [2.45, 2.75) is 25.8 Å². The quantitative estimate of drug-likeness (QED) is 0.266. The molecule has 0 fully saturated rings. The lowest BCUT2D eigenvalue weighted by Gasteiger charge is -2.29. The number of aromatic nitrogens is 1. The Hall–Kier alpha value is -3.12. The number of aliphatic carboxylic acids is 1. The molecule has 2 aromatic carbocycles. The van der Waals surface area contributed by atoms with E-state index in [0.29, 0.717) is 42.1 Å². The summed E-state index contributed by atoms with van der Waals surface area (Å²) >= 11 is 1.29. The van der Waals surface area contributed by atoms with Crippen molar-refractivity contribution in [3.63, 3.8) is 0 Å². The number of quaternary nitrogens is 1. The molecule has 2 N–H and O–H groups in total. The van der Waals surface area contributed by atoms with E-state index >= 15 is 0 Å². The number of carbonyl (C=O) groups excluding carboxylic acids is 1. The number of rotatable bonds is 12. The molecular formula is C25H30N3O10S4+. The number of thiazole rings is 1. The van der Waals surface area contributed by atoms with Crippen LogP contribution in [0.1, 0.15) is 22.6 Å². The average Bonchev–Trinajstić information content (AvgIpc) is 3.43. The van der Waals surface area contributed by atoms with Crippen molar-refractivity contribution in [1.29, 1.82) is 0 Å². The van der Waals surface area contributed by atoms with Gasteiger partial charge in [0.25, 0.3) is 0 Å². The Morgan fingerprint density at radius 3 is 2.07 bits per heavy atom. The largest absolute Gasteiger partial charge is 0.488 e. The number of sulfonamides is 3. The SMILES string of the molecule is CS(=O)(=O)[N+](CCOc1ccc2sc(CNC(=O)C3(CC(=O)O)Cc4ccccc4C3)nc2c1)(S(C)(=O)=O)S(C)(=O)=O. The number of carboxylic acids is 1. The van der Waals surface area contributed by atoms with Gasteiger partial charge in [-0.3, -0.25) is 9.59 Å². The lowest BCUT2D eigenvalue weighted by molar-refractivity contribution is -0.524. The standard InChI is InChI=1S/C25H29N3O10S4/c1-40(32,33)28(41(2,34)35,42(3,36)37)10-11-38-19-8-9-21-20(12-19)27-22(39-21)16-26-24(31)25(15-23(29)30)13-17-6-4-5-7-18(17)14-25/h4-9,12H,10-11,13-16H2,1-3H3,(H-,26,29,30,31)/p+1. The number of ether oxygens (including phenoxy) is 1. The number of hydrogen-bond acceptors (Lipinski definition) is 11. The molecule has 228 valence electrons. The molecule has 0 radical (unpaired) electrons. The second-order valence-corrected chi connectivity index (χ2v) is 18.4. The summed E-state index contributed by atoms with van der Waals surface area (Å²) in [5.41, 5.74) is 1.26. The van der Waals surface area contributed by atoms with Crippen molar-refractivity contribution in [2.75, 3.05) is 31.9 Å². The van der Waals surface area contributed by atoms with Gasteiger partial charge in [0, 0.05) is 6.07 Å². The van der Waals surface area contributed by atoms with Crippen LogP contribution in [0.15, 0.2) is 42.5 Å². The highest BCUT2D eigenvalue weighted by Gasteiger charge is 2.57. The van der Waals surface area contributed by atoms with Gasteiger partial charge in [0.05, 0.1) is 47.4 Å². The molecule has 0 saturated carbocycles. The Kier molecular flexibility index (Phi) is 8.47. The molecule has 0 unspecified atom stereocenters. The summed E-state index contributed by atoms with van der Waals surface area (Å²) in [5.74, 6) is -1.25. The van der Waals surface area contributed by atoms with Crippen molar-refractivity contribution in [3.05, 3.63) is 58.6 Å². The molecule has 0 spiro atoms. The summed E-state index contributed by atoms with van der Waals surface area (Å²) in [4.78, 5) is 29.4. The first kappa shape index (κ1) is 31.8. The lowest BCUT2D eigenvalue weighted by atomic mass is 9.80. The summed E-state index contributed by atoms with van der Waals surface area (Å²) in [6.07, 6.45) is 1.93. The van der Waals surface area contributed by atoms with Gasteiger partial charge in [-0.1, -0.05) is 24.3 Å². The monoisotopic (exact) mass is 660 g/mol. The van der Waals surface area contributed by atoms with Crippen LogP contribution in [0.2, 0.25) is 0 Å². The molecule has 0 aliphatic heterocycles. The zero-order valence-corrected chi connectivity index (χ0v) is 26.2. The zero-order chi connectivity index (χ0) is 31.1. The third-order valence-corrected chi connectivity index (χ3v) is 16.6. The molecule has 1 amide bonds. The van der Waals surface area contributed by atoms with E-state index in [1.165, 1.54) is 23.5 Å². The molecule has 13 nitrogen and oxygen atoms in total. The van der Waals surface area contributed by atoms with Gasteiger partial charge in [0.15, 0.2) is 6.54 Å². The lowest BCUT2D eigenvalue weighted by Crippen LogP contribution is -2.60. The van der Waals surface area contributed by atoms with Gasteiger partial charge >= 0.3 is 36.0 Å². The second-order valence-electron chi connectivity index (χ2n) is 10.3. The van der Waals surface area contributed by atoms with Crippen molar-refractivity contribution >= 4 is 63.5 Å². The van der Waals surface area contributed by atoms with Gasteiger partial charge in [0.1, 0.15) is 17.4 Å². The topological polar surface area (TPSA) is 191 Å². The van der Waals surface area contributed by atoms with E-state index < -0.39 is 57.3 Å². The van der Waals surface area contributed by atoms with Crippen LogP contribution in [0.4, 0.5) is 0 Å². The molecule has 0 atom stereocenters. The van der Waals surface area contributed by atoms with Gasteiger partial charge in [-0.05, 0) is 38.8 Å². The predicted octanol–water partition coefficient (Wildman–Crippen LogP) is 1.25. The fraction of sp³-hybridized carbons (Fsp3) is 0.400. The van der Waals surface area contributed by atoms with Crippen molar-refractivity contribution in [1.82, 2.24) is 10.3 Å². The van der Waals surface area contributed by atoms with E-state index in [9.17, 15) is 39.9 Å². The minimum absolute atomic E-state index is 0.0587. The number of nitrogens with zero attached hydrogens (tertiary/aromatic N) is 2. The number of amides is 1. The molecule has 4 rings (SSSR count). The molecule has 0 bridgehead atoms. The minimum Gasteiger partial charge on any atom is -0.488 e. The van der Waals surface area contributed by atoms with Crippen LogP contribution in [0, 0.1) is 5.41 Å². The third-order valence-electron chi connectivity index (χ3n) is 7.10. The first-order chi connectivity index (χ1) is 19.4. The molecule has 1 aromatic heterocycles. The van der Waals surface area contributed by atoms with E-state index in [4.69, 9.17) is 4.74 Å². The third kappa shape index (κ3) is 6.01. The summed E-state index contributed by atoms with van der Waals surface area (Å²) in [6.45, 7) is -1.40. The maximum Gasteiger partial charge on any atom is 0.323 e. The number of carbonyl (C=O) groups is 2. The summed E-state index contributed by atoms with van der Waals surface area (Å²) in [7, 11) is -14.0. The van der Waals surface area contributed by atoms with Crippen LogP contribution in [-0.4, -0.2) is 81.8 Å². The zero-order valence-electron chi connectivity index (χ0n) is 22.9. The Balaban J connectivity index is 1.47. The molecule has 0 saturated heterocycles. The highest BCUT2D eigenvalue weighted by atomic mass is 32.3. The number of nitrogens with one attached hydrogen (secondary N) is 1. The normalized spacial score (nSPS) is 15.3. The average molecular weight is 661 g/mol. The first-order valence-corrected chi connectivity index (χ1v) is 18.8. The van der Waals surface area contributed by atoms with Crippen LogP contribution in [0.25, 0.3) is 10.2 Å². The maximum atomic E-state index is 13.3. The van der Waals surface area contributed by atoms with Crippen LogP contribution in [0.3, 0.4) is 0 Å². The Bertz CT molecular complexity index is 1780. The van der Waals surface area contributed by atoms with Crippen LogP contribution < -0.4 is 10.1 Å². The van der Waals surface area contributed by atoms with E-state index in [0.717, 1.165) is 15.8 Å². The Morgan fingerprint density at radius 2 is 1.55 bits per heavy atom. The van der Waals surface area contributed by atoms with E-state index in [-0.39, 0.29) is 24.6 Å². The van der Waals surface area contributed by atoms with E-state index in [1.807, 2.05) is 24.3 Å². The van der Waals surface area contributed by atoms with E-state index in [2.05, 4.69) is 10.3 Å². The number of hydrogen-bond donors (Lipinski definition) is 2. The molecule has 42 heavy (non-hydrogen) atoms. The van der Waals surface area contributed by atoms with Crippen molar-refractivity contribution in [3.8, 4) is 5.75 Å². The Morgan fingerprint density at radius 1 is 0.976 bits per heavy atom. The van der Waals surface area contributed by atoms with Crippen LogP contribution in [0.5, 0.6) is 5.75 Å². The van der Waals surface area contributed by atoms with Crippen LogP contribution in [-0.2, 0) is 59.0 Å². The Labute approximate surface area is 247 Å². The highest BCUT2D eigenvalue weighted by Crippen LogP contribution is 2.40. The predicted molar refractivity (Wildman–Crippen MR) is 155 cm³/mol. The summed E-state index contributed by atoms with van der Waals surface area (Å²) < 4.78 is 78.4. The molecule has 3 aromatic rings. The summed E-state index contributed by atoms with van der Waals surface area (Å²) in [6, 6.07) is 12.2. The molecule has 1 heterocycles. The number of fused-ring (bicyclic) bond motifs is 2. The first-order valence-electron chi connectivity index (χ1n) is 12.5. The molecule has 1 aliphatic rings. The van der Waals surface area contributed by atoms with E-state index in [1.54, 1.807) is 6.07 Å².